The van der Waals surface area contributed by atoms with E-state index in [2.05, 4.69) is 11.4 Å². The average molecular weight is 246 g/mol. The molecule has 96 valence electrons. The Labute approximate surface area is 107 Å². The lowest BCUT2D eigenvalue weighted by molar-refractivity contribution is -0.137. The number of rotatable bonds is 8. The van der Waals surface area contributed by atoms with Crippen LogP contribution in [0, 0.1) is 11.3 Å². The molecule has 0 saturated carbocycles. The van der Waals surface area contributed by atoms with E-state index < -0.39 is 5.97 Å². The van der Waals surface area contributed by atoms with Crippen molar-refractivity contribution in [2.45, 2.75) is 32.1 Å². The largest absolute Gasteiger partial charge is 0.481 e. The van der Waals surface area contributed by atoms with Crippen LogP contribution >= 0.6 is 0 Å². The molecule has 0 spiro atoms. The van der Waals surface area contributed by atoms with Gasteiger partial charge in [0.05, 0.1) is 11.6 Å². The van der Waals surface area contributed by atoms with Crippen molar-refractivity contribution in [1.29, 1.82) is 5.26 Å². The quantitative estimate of drug-likeness (QED) is 0.691. The van der Waals surface area contributed by atoms with Crippen LogP contribution in [0.4, 0.5) is 5.69 Å². The van der Waals surface area contributed by atoms with Crippen molar-refractivity contribution in [3.05, 3.63) is 29.8 Å². The molecule has 0 aliphatic rings. The number of hydrogen-bond acceptors (Lipinski definition) is 3. The molecule has 2 N–H and O–H groups in total. The summed E-state index contributed by atoms with van der Waals surface area (Å²) in [6.07, 6.45) is 4.05. The molecule has 0 unspecified atom stereocenters. The van der Waals surface area contributed by atoms with Gasteiger partial charge in [0.2, 0.25) is 0 Å². The number of anilines is 1. The summed E-state index contributed by atoms with van der Waals surface area (Å²) in [6, 6.07) is 9.44. The van der Waals surface area contributed by atoms with Crippen molar-refractivity contribution >= 4 is 11.7 Å². The van der Waals surface area contributed by atoms with Crippen LogP contribution in [0.2, 0.25) is 0 Å². The van der Waals surface area contributed by atoms with Crippen molar-refractivity contribution in [1.82, 2.24) is 0 Å². The van der Waals surface area contributed by atoms with E-state index in [1.165, 1.54) is 0 Å². The van der Waals surface area contributed by atoms with E-state index in [-0.39, 0.29) is 6.42 Å². The Morgan fingerprint density at radius 1 is 1.17 bits per heavy atom. The third-order valence-electron chi connectivity index (χ3n) is 2.66. The number of carbonyl (C=O) groups is 1. The fourth-order valence-corrected chi connectivity index (χ4v) is 1.65. The van der Waals surface area contributed by atoms with Gasteiger partial charge in [-0.15, -0.1) is 0 Å². The van der Waals surface area contributed by atoms with Gasteiger partial charge in [-0.25, -0.2) is 0 Å². The zero-order valence-corrected chi connectivity index (χ0v) is 10.4. The van der Waals surface area contributed by atoms with E-state index >= 15 is 0 Å². The second-order valence-corrected chi connectivity index (χ2v) is 4.17. The van der Waals surface area contributed by atoms with Gasteiger partial charge >= 0.3 is 5.97 Å². The maximum Gasteiger partial charge on any atom is 0.303 e. The molecular formula is C14H18N2O2. The first-order chi connectivity index (χ1) is 8.72. The van der Waals surface area contributed by atoms with E-state index in [1.807, 2.05) is 12.1 Å². The standard InChI is InChI=1S/C14H18N2O2/c15-11-12-6-8-13(9-7-12)16-10-4-2-1-3-5-14(17)18/h6-9,16H,1-5,10H2,(H,17,18). The average Bonchev–Trinajstić information content (AvgIpc) is 2.38. The normalized spacial score (nSPS) is 9.72. The van der Waals surface area contributed by atoms with E-state index in [0.29, 0.717) is 5.56 Å². The van der Waals surface area contributed by atoms with Crippen LogP contribution in [0.5, 0.6) is 0 Å². The summed E-state index contributed by atoms with van der Waals surface area (Å²) < 4.78 is 0. The zero-order chi connectivity index (χ0) is 13.2. The molecule has 0 heterocycles. The lowest BCUT2D eigenvalue weighted by atomic mass is 10.1. The number of carboxylic acids is 1. The lowest BCUT2D eigenvalue weighted by Gasteiger charge is -2.05. The summed E-state index contributed by atoms with van der Waals surface area (Å²) in [4.78, 5) is 10.3. The first-order valence-electron chi connectivity index (χ1n) is 6.18. The number of unbranched alkanes of at least 4 members (excludes halogenated alkanes) is 3. The highest BCUT2D eigenvalue weighted by molar-refractivity contribution is 5.66. The smallest absolute Gasteiger partial charge is 0.303 e. The predicted molar refractivity (Wildman–Crippen MR) is 70.4 cm³/mol. The Balaban J connectivity index is 2.07. The van der Waals surface area contributed by atoms with Crippen molar-refractivity contribution in [3.63, 3.8) is 0 Å². The summed E-state index contributed by atoms with van der Waals surface area (Å²) in [6.45, 7) is 0.874. The van der Waals surface area contributed by atoms with Gasteiger partial charge in [0.1, 0.15) is 0 Å². The van der Waals surface area contributed by atoms with E-state index in [9.17, 15) is 4.79 Å². The molecule has 1 aromatic carbocycles. The highest BCUT2D eigenvalue weighted by atomic mass is 16.4. The number of carboxylic acid groups (broad SMARTS) is 1. The van der Waals surface area contributed by atoms with Gasteiger partial charge in [-0.1, -0.05) is 12.8 Å². The molecule has 0 aliphatic heterocycles. The first-order valence-corrected chi connectivity index (χ1v) is 6.18. The van der Waals surface area contributed by atoms with Crippen LogP contribution in [0.25, 0.3) is 0 Å². The molecule has 0 fully saturated rings. The third kappa shape index (κ3) is 5.90. The molecule has 18 heavy (non-hydrogen) atoms. The Kier molecular flexibility index (Phi) is 6.34. The van der Waals surface area contributed by atoms with Gasteiger partial charge in [-0.2, -0.15) is 5.26 Å². The molecule has 1 aromatic rings. The van der Waals surface area contributed by atoms with Crippen LogP contribution in [0.1, 0.15) is 37.7 Å². The Morgan fingerprint density at radius 2 is 1.83 bits per heavy atom. The van der Waals surface area contributed by atoms with E-state index in [0.717, 1.165) is 37.9 Å². The number of aliphatic carboxylic acids is 1. The van der Waals surface area contributed by atoms with Crippen LogP contribution in [-0.2, 0) is 4.79 Å². The monoisotopic (exact) mass is 246 g/mol. The van der Waals surface area contributed by atoms with Crippen molar-refractivity contribution in [2.75, 3.05) is 11.9 Å². The van der Waals surface area contributed by atoms with Gasteiger partial charge in [-0.3, -0.25) is 4.79 Å². The highest BCUT2D eigenvalue weighted by Gasteiger charge is 1.97. The maximum atomic E-state index is 10.3. The zero-order valence-electron chi connectivity index (χ0n) is 10.4. The SMILES string of the molecule is N#Cc1ccc(NCCCCCCC(=O)O)cc1. The van der Waals surface area contributed by atoms with Gasteiger partial charge in [0.15, 0.2) is 0 Å². The topological polar surface area (TPSA) is 73.1 Å². The van der Waals surface area contributed by atoms with Crippen molar-refractivity contribution in [3.8, 4) is 6.07 Å². The first kappa shape index (κ1) is 14.0. The van der Waals surface area contributed by atoms with Gasteiger partial charge in [0, 0.05) is 18.7 Å². The molecular weight excluding hydrogens is 228 g/mol. The van der Waals surface area contributed by atoms with Gasteiger partial charge in [-0.05, 0) is 37.1 Å². The number of hydrogen-bond donors (Lipinski definition) is 2. The number of nitriles is 1. The van der Waals surface area contributed by atoms with Crippen LogP contribution < -0.4 is 5.32 Å². The molecule has 0 amide bonds. The molecule has 0 aromatic heterocycles. The Hall–Kier alpha value is -2.02. The Morgan fingerprint density at radius 3 is 2.44 bits per heavy atom. The summed E-state index contributed by atoms with van der Waals surface area (Å²) in [5, 5.41) is 20.4. The van der Waals surface area contributed by atoms with Crippen LogP contribution in [0.15, 0.2) is 24.3 Å². The molecule has 0 radical (unpaired) electrons. The number of benzene rings is 1. The molecule has 0 saturated heterocycles. The summed E-state index contributed by atoms with van der Waals surface area (Å²) in [5.74, 6) is -0.717. The molecule has 0 bridgehead atoms. The number of nitrogens with zero attached hydrogens (tertiary/aromatic N) is 1. The highest BCUT2D eigenvalue weighted by Crippen LogP contribution is 2.09. The van der Waals surface area contributed by atoms with Crippen LogP contribution in [-0.4, -0.2) is 17.6 Å². The second kappa shape index (κ2) is 8.13. The fourth-order valence-electron chi connectivity index (χ4n) is 1.65. The minimum absolute atomic E-state index is 0.267. The van der Waals surface area contributed by atoms with Gasteiger partial charge in [0.25, 0.3) is 0 Å². The van der Waals surface area contributed by atoms with Crippen LogP contribution in [0.3, 0.4) is 0 Å². The molecule has 4 nitrogen and oxygen atoms in total. The Bertz CT molecular complexity index is 407. The molecule has 0 atom stereocenters. The minimum Gasteiger partial charge on any atom is -0.481 e. The predicted octanol–water partition coefficient (Wildman–Crippen LogP) is 3.01. The maximum absolute atomic E-state index is 10.3. The lowest BCUT2D eigenvalue weighted by Crippen LogP contribution is -2.01. The van der Waals surface area contributed by atoms with E-state index in [4.69, 9.17) is 10.4 Å². The van der Waals surface area contributed by atoms with Crippen molar-refractivity contribution in [2.24, 2.45) is 0 Å². The van der Waals surface area contributed by atoms with Gasteiger partial charge < -0.3 is 10.4 Å². The van der Waals surface area contributed by atoms with E-state index in [1.54, 1.807) is 12.1 Å². The third-order valence-corrected chi connectivity index (χ3v) is 2.66. The minimum atomic E-state index is -0.717. The summed E-state index contributed by atoms with van der Waals surface area (Å²) in [5.41, 5.74) is 1.67. The van der Waals surface area contributed by atoms with Crippen molar-refractivity contribution < 1.29 is 9.90 Å². The molecule has 1 rings (SSSR count). The molecule has 0 aliphatic carbocycles. The summed E-state index contributed by atoms with van der Waals surface area (Å²) in [7, 11) is 0. The fraction of sp³-hybridized carbons (Fsp3) is 0.429. The molecule has 4 heteroatoms. The summed E-state index contributed by atoms with van der Waals surface area (Å²) >= 11 is 0. The number of nitrogens with one attached hydrogen (secondary N) is 1. The second-order valence-electron chi connectivity index (χ2n) is 4.17.